The Morgan fingerprint density at radius 3 is 2.47 bits per heavy atom. The number of imide groups is 1. The van der Waals surface area contributed by atoms with Gasteiger partial charge in [0.15, 0.2) is 11.6 Å². The number of hydrogen-bond acceptors (Lipinski definition) is 13. The molecular weight excluding hydrogens is 786 g/mol. The van der Waals surface area contributed by atoms with Gasteiger partial charge in [0.2, 0.25) is 11.8 Å². The summed E-state index contributed by atoms with van der Waals surface area (Å²) in [5, 5.41) is 14.5. The van der Waals surface area contributed by atoms with Crippen molar-refractivity contribution in [3.05, 3.63) is 94.8 Å². The number of anilines is 2. The predicted molar refractivity (Wildman–Crippen MR) is 226 cm³/mol. The van der Waals surface area contributed by atoms with Crippen LogP contribution in [0.5, 0.6) is 5.75 Å². The molecule has 6 heterocycles. The molecule has 3 aliphatic heterocycles. The molecule has 0 spiro atoms. The number of piperazine rings is 1. The van der Waals surface area contributed by atoms with Gasteiger partial charge >= 0.3 is 0 Å². The Balaban J connectivity index is 0.777. The summed E-state index contributed by atoms with van der Waals surface area (Å²) in [6.45, 7) is 12.0. The number of nitrogens with two attached hydrogens (primary N) is 1. The van der Waals surface area contributed by atoms with E-state index in [1.807, 2.05) is 32.0 Å². The van der Waals surface area contributed by atoms with E-state index >= 15 is 0 Å². The molecule has 17 heteroatoms. The average Bonchev–Trinajstić information content (AvgIpc) is 3.93. The van der Waals surface area contributed by atoms with Crippen LogP contribution in [0.2, 0.25) is 0 Å². The van der Waals surface area contributed by atoms with Crippen LogP contribution in [-0.2, 0) is 16.0 Å². The Labute approximate surface area is 352 Å². The van der Waals surface area contributed by atoms with E-state index in [1.165, 1.54) is 16.9 Å². The van der Waals surface area contributed by atoms with Crippen LogP contribution in [0.4, 0.5) is 15.9 Å². The van der Waals surface area contributed by atoms with Crippen molar-refractivity contribution in [3.63, 3.8) is 0 Å². The molecule has 2 aromatic carbocycles. The second kappa shape index (κ2) is 18.2. The number of nitrogens with zero attached hydrogens (tertiary/aromatic N) is 8. The lowest BCUT2D eigenvalue weighted by Gasteiger charge is -2.39. The number of nitrogens with one attached hydrogen (secondary N) is 2. The lowest BCUT2D eigenvalue weighted by molar-refractivity contribution is -0.134. The summed E-state index contributed by atoms with van der Waals surface area (Å²) >= 11 is 1.67. The van der Waals surface area contributed by atoms with Gasteiger partial charge in [0.05, 0.1) is 33.7 Å². The van der Waals surface area contributed by atoms with Crippen LogP contribution in [0.3, 0.4) is 0 Å². The number of nitrogen functional groups attached to an aromatic ring is 1. The van der Waals surface area contributed by atoms with E-state index in [4.69, 9.17) is 15.5 Å². The zero-order valence-electron chi connectivity index (χ0n) is 33.8. The van der Waals surface area contributed by atoms with Gasteiger partial charge in [0.25, 0.3) is 5.91 Å². The van der Waals surface area contributed by atoms with Gasteiger partial charge in [-0.15, -0.1) is 11.3 Å². The number of rotatable bonds is 13. The zero-order chi connectivity index (χ0) is 41.8. The van der Waals surface area contributed by atoms with Gasteiger partial charge in [-0.05, 0) is 87.6 Å². The number of amides is 3. The minimum absolute atomic E-state index is 0.222. The van der Waals surface area contributed by atoms with E-state index in [1.54, 1.807) is 48.1 Å². The Morgan fingerprint density at radius 2 is 1.73 bits per heavy atom. The molecule has 1 unspecified atom stereocenters. The molecule has 2 atom stereocenters. The molecule has 3 saturated heterocycles. The fraction of sp³-hybridized carbons (Fsp3) is 0.419. The molecule has 0 saturated carbocycles. The highest BCUT2D eigenvalue weighted by atomic mass is 32.1. The van der Waals surface area contributed by atoms with Gasteiger partial charge in [-0.3, -0.25) is 19.7 Å². The molecule has 0 aliphatic carbocycles. The van der Waals surface area contributed by atoms with Crippen molar-refractivity contribution < 1.29 is 23.5 Å². The van der Waals surface area contributed by atoms with E-state index in [9.17, 15) is 18.8 Å². The highest BCUT2D eigenvalue weighted by molar-refractivity contribution is 7.15. The number of thiazole rings is 1. The molecule has 4 N–H and O–H groups in total. The van der Waals surface area contributed by atoms with Crippen LogP contribution in [-0.4, -0.2) is 111 Å². The number of carbonyl (C=O) groups is 3. The fourth-order valence-corrected chi connectivity index (χ4v) is 9.25. The third kappa shape index (κ3) is 9.64. The standard InChI is InChI=1S/C43H50FN11O4S/c1-27-40(31-23-37(41(45)46-25-31)59-28(2)34-24-32(44)5-9-36(34)55-47-14-15-48-55)60-39(49-27)13-16-52-19-21-53(22-20-52)26-29-11-17-54(18-12-29)33-6-3-30(4-7-33)42(57)50-35-8-10-38(56)51-43(35)58/h3-7,9,14-15,23-25,28-29,35H,8,10-13,16-22,26H2,1-2H3,(H2,45,46)(H,50,57)(H,51,56,58)/t28-,35?/m1/s1. The minimum atomic E-state index is -0.689. The highest BCUT2D eigenvalue weighted by Gasteiger charge is 2.29. The summed E-state index contributed by atoms with van der Waals surface area (Å²) in [7, 11) is 0. The van der Waals surface area contributed by atoms with Gasteiger partial charge in [-0.1, -0.05) is 0 Å². The summed E-state index contributed by atoms with van der Waals surface area (Å²) in [6, 6.07) is 13.2. The van der Waals surface area contributed by atoms with Crippen LogP contribution in [0.15, 0.2) is 67.1 Å². The largest absolute Gasteiger partial charge is 0.482 e. The zero-order valence-corrected chi connectivity index (χ0v) is 34.7. The van der Waals surface area contributed by atoms with E-state index in [0.29, 0.717) is 34.9 Å². The minimum Gasteiger partial charge on any atom is -0.482 e. The normalized spacial score (nSPS) is 18.6. The number of aryl methyl sites for hydroxylation is 1. The molecule has 5 aromatic rings. The quantitative estimate of drug-likeness (QED) is 0.141. The van der Waals surface area contributed by atoms with Crippen molar-refractivity contribution in [2.75, 3.05) is 63.0 Å². The molecule has 8 rings (SSSR count). The number of halogens is 1. The number of hydrogen-bond donors (Lipinski definition) is 3. The first-order chi connectivity index (χ1) is 29.1. The van der Waals surface area contributed by atoms with Crippen LogP contribution in [0, 0.1) is 18.7 Å². The maximum absolute atomic E-state index is 14.3. The van der Waals surface area contributed by atoms with Crippen molar-refractivity contribution in [2.45, 2.75) is 58.1 Å². The molecule has 60 heavy (non-hydrogen) atoms. The van der Waals surface area contributed by atoms with Crippen molar-refractivity contribution in [2.24, 2.45) is 5.92 Å². The van der Waals surface area contributed by atoms with Crippen LogP contribution in [0.25, 0.3) is 16.1 Å². The number of piperidine rings is 2. The molecule has 0 bridgehead atoms. The van der Waals surface area contributed by atoms with Gasteiger partial charge in [-0.25, -0.2) is 14.4 Å². The van der Waals surface area contributed by atoms with Gasteiger partial charge in [0, 0.05) is 93.8 Å². The van der Waals surface area contributed by atoms with Crippen LogP contribution in [0.1, 0.15) is 65.3 Å². The van der Waals surface area contributed by atoms with E-state index in [0.717, 1.165) is 98.5 Å². The maximum Gasteiger partial charge on any atom is 0.251 e. The van der Waals surface area contributed by atoms with Gasteiger partial charge in [-0.2, -0.15) is 15.0 Å². The summed E-state index contributed by atoms with van der Waals surface area (Å²) in [6.07, 6.45) is 7.96. The number of pyridine rings is 1. The van der Waals surface area contributed by atoms with Crippen LogP contribution >= 0.6 is 11.3 Å². The fourth-order valence-electron chi connectivity index (χ4n) is 8.21. The van der Waals surface area contributed by atoms with Crippen molar-refractivity contribution >= 4 is 40.6 Å². The molecule has 3 fully saturated rings. The maximum atomic E-state index is 14.3. The third-order valence-electron chi connectivity index (χ3n) is 11.6. The van der Waals surface area contributed by atoms with E-state index in [2.05, 4.69) is 40.5 Å². The Hall–Kier alpha value is -5.78. The Morgan fingerprint density at radius 1 is 1.00 bits per heavy atom. The van der Waals surface area contributed by atoms with E-state index in [-0.39, 0.29) is 29.9 Å². The molecule has 3 aromatic heterocycles. The molecule has 3 amide bonds. The summed E-state index contributed by atoms with van der Waals surface area (Å²) in [5.74, 6) is -0.155. The van der Waals surface area contributed by atoms with Gasteiger partial charge < -0.3 is 30.5 Å². The predicted octanol–water partition coefficient (Wildman–Crippen LogP) is 4.57. The van der Waals surface area contributed by atoms with E-state index < -0.39 is 18.1 Å². The molecule has 3 aliphatic rings. The first-order valence-corrected chi connectivity index (χ1v) is 21.4. The van der Waals surface area contributed by atoms with Crippen LogP contribution < -0.4 is 26.0 Å². The molecular formula is C43H50FN11O4S. The highest BCUT2D eigenvalue weighted by Crippen LogP contribution is 2.36. The molecule has 15 nitrogen and oxygen atoms in total. The lowest BCUT2D eigenvalue weighted by Crippen LogP contribution is -2.52. The number of aromatic nitrogens is 5. The van der Waals surface area contributed by atoms with Crippen molar-refractivity contribution in [3.8, 4) is 21.9 Å². The Bertz CT molecular complexity index is 2310. The molecule has 0 radical (unpaired) electrons. The third-order valence-corrected chi connectivity index (χ3v) is 12.9. The number of ether oxygens (including phenoxy) is 1. The Kier molecular flexibility index (Phi) is 12.5. The summed E-state index contributed by atoms with van der Waals surface area (Å²) in [5.41, 5.74) is 10.8. The second-order valence-electron chi connectivity index (χ2n) is 15.8. The van der Waals surface area contributed by atoms with Gasteiger partial charge in [0.1, 0.15) is 18.0 Å². The topological polar surface area (TPSA) is 177 Å². The molecule has 314 valence electrons. The smallest absolute Gasteiger partial charge is 0.251 e. The van der Waals surface area contributed by atoms with Crippen molar-refractivity contribution in [1.82, 2.24) is 45.4 Å². The monoisotopic (exact) mass is 835 g/mol. The summed E-state index contributed by atoms with van der Waals surface area (Å²) in [4.78, 5) is 55.5. The van der Waals surface area contributed by atoms with Crippen molar-refractivity contribution in [1.29, 1.82) is 0 Å². The summed E-state index contributed by atoms with van der Waals surface area (Å²) < 4.78 is 20.6. The number of carbonyl (C=O) groups excluding carboxylic acids is 3. The number of benzene rings is 2. The first-order valence-electron chi connectivity index (χ1n) is 20.6. The second-order valence-corrected chi connectivity index (χ2v) is 16.8. The average molecular weight is 836 g/mol. The lowest BCUT2D eigenvalue weighted by atomic mass is 9.95. The first kappa shape index (κ1) is 41.0. The SMILES string of the molecule is Cc1nc(CCN2CCN(CC3CCN(c4ccc(C(=O)NC5CCC(=O)NC5=O)cc4)CC3)CC2)sc1-c1cnc(N)c(O[C@H](C)c2cc(F)ccc2-n2nccn2)c1.